The quantitative estimate of drug-likeness (QED) is 0.145. The van der Waals surface area contributed by atoms with Gasteiger partial charge in [-0.1, -0.05) is 43.8 Å². The predicted molar refractivity (Wildman–Crippen MR) is 134 cm³/mol. The van der Waals surface area contributed by atoms with Crippen molar-refractivity contribution in [1.29, 1.82) is 0 Å². The van der Waals surface area contributed by atoms with E-state index in [-0.39, 0.29) is 29.8 Å². The largest absolute Gasteiger partial charge is 0.357 e. The van der Waals surface area contributed by atoms with E-state index in [4.69, 9.17) is 0 Å². The van der Waals surface area contributed by atoms with Crippen molar-refractivity contribution in [2.45, 2.75) is 51.7 Å². The fourth-order valence-electron chi connectivity index (χ4n) is 2.99. The molecule has 0 amide bonds. The molecule has 0 saturated heterocycles. The zero-order chi connectivity index (χ0) is 21.1. The van der Waals surface area contributed by atoms with Gasteiger partial charge in [-0.3, -0.25) is 4.99 Å². The third kappa shape index (κ3) is 8.79. The van der Waals surface area contributed by atoms with Gasteiger partial charge < -0.3 is 15.2 Å². The molecule has 0 aliphatic carbocycles. The van der Waals surface area contributed by atoms with Crippen molar-refractivity contribution >= 4 is 41.7 Å². The first-order chi connectivity index (χ1) is 14.0. The first-order valence-electron chi connectivity index (χ1n) is 10.3. The minimum absolute atomic E-state index is 0. The van der Waals surface area contributed by atoms with E-state index in [0.29, 0.717) is 31.0 Å². The number of nitrogens with zero attached hydrogens (tertiary/aromatic N) is 4. The van der Waals surface area contributed by atoms with Crippen LogP contribution in [-0.4, -0.2) is 46.6 Å². The maximum atomic E-state index is 13.7. The van der Waals surface area contributed by atoms with Crippen LogP contribution in [0.25, 0.3) is 0 Å². The van der Waals surface area contributed by atoms with E-state index in [2.05, 4.69) is 44.2 Å². The van der Waals surface area contributed by atoms with E-state index in [9.17, 15) is 4.39 Å². The molecule has 0 saturated carbocycles. The first-order valence-corrected chi connectivity index (χ1v) is 11.5. The molecule has 1 aromatic carbocycles. The van der Waals surface area contributed by atoms with Crippen molar-refractivity contribution in [1.82, 2.24) is 25.4 Å². The van der Waals surface area contributed by atoms with Gasteiger partial charge in [0.15, 0.2) is 11.1 Å². The van der Waals surface area contributed by atoms with Crippen LogP contribution in [0, 0.1) is 11.7 Å². The summed E-state index contributed by atoms with van der Waals surface area (Å²) in [6, 6.07) is 6.88. The van der Waals surface area contributed by atoms with Crippen LogP contribution >= 0.6 is 35.7 Å². The minimum Gasteiger partial charge on any atom is -0.357 e. The molecule has 6 nitrogen and oxygen atoms in total. The number of thioether (sulfide) groups is 1. The highest BCUT2D eigenvalue weighted by molar-refractivity contribution is 14.0. The number of hydrogen-bond acceptors (Lipinski definition) is 4. The van der Waals surface area contributed by atoms with Gasteiger partial charge in [-0.05, 0) is 43.6 Å². The molecule has 30 heavy (non-hydrogen) atoms. The van der Waals surface area contributed by atoms with E-state index in [0.717, 1.165) is 42.9 Å². The molecule has 9 heteroatoms. The molecular formula is C21H34FIN6S. The van der Waals surface area contributed by atoms with E-state index in [1.54, 1.807) is 17.8 Å². The number of halogens is 2. The van der Waals surface area contributed by atoms with E-state index >= 15 is 0 Å². The Morgan fingerprint density at radius 1 is 1.20 bits per heavy atom. The standard InChI is InChI=1S/C21H33FN6S.HI/c1-5-23-20(25-14-12-17-9-6-7-10-18(17)22)24-13-8-11-19-26-27-21(29-4)28(19)15-16(2)3;/h6-7,9-10,16H,5,8,11-15H2,1-4H3,(H2,23,24,25);1H. The van der Waals surface area contributed by atoms with E-state index in [1.807, 2.05) is 25.3 Å². The predicted octanol–water partition coefficient (Wildman–Crippen LogP) is 4.14. The molecule has 2 rings (SSSR count). The van der Waals surface area contributed by atoms with Crippen LogP contribution in [-0.2, 0) is 19.4 Å². The molecule has 0 atom stereocenters. The van der Waals surface area contributed by atoms with Crippen LogP contribution in [0.15, 0.2) is 34.4 Å². The Labute approximate surface area is 200 Å². The highest BCUT2D eigenvalue weighted by atomic mass is 127. The van der Waals surface area contributed by atoms with Gasteiger partial charge in [0.2, 0.25) is 0 Å². The number of aliphatic imine (C=N–C) groups is 1. The second-order valence-electron chi connectivity index (χ2n) is 7.24. The Morgan fingerprint density at radius 3 is 2.63 bits per heavy atom. The van der Waals surface area contributed by atoms with Crippen LogP contribution < -0.4 is 10.6 Å². The first kappa shape index (κ1) is 26.7. The fraction of sp³-hybridized carbons (Fsp3) is 0.571. The van der Waals surface area contributed by atoms with Gasteiger partial charge in [0.25, 0.3) is 0 Å². The lowest BCUT2D eigenvalue weighted by Crippen LogP contribution is -2.38. The summed E-state index contributed by atoms with van der Waals surface area (Å²) in [4.78, 5) is 4.64. The van der Waals surface area contributed by atoms with E-state index < -0.39 is 0 Å². The topological polar surface area (TPSA) is 67.1 Å². The summed E-state index contributed by atoms with van der Waals surface area (Å²) in [6.45, 7) is 9.48. The molecule has 0 bridgehead atoms. The molecule has 1 heterocycles. The second kappa shape index (κ2) is 14.6. The Morgan fingerprint density at radius 2 is 1.97 bits per heavy atom. The highest BCUT2D eigenvalue weighted by Gasteiger charge is 2.12. The van der Waals surface area contributed by atoms with Crippen molar-refractivity contribution in [2.75, 3.05) is 25.9 Å². The number of benzene rings is 1. The number of guanidine groups is 1. The zero-order valence-electron chi connectivity index (χ0n) is 18.3. The maximum Gasteiger partial charge on any atom is 0.191 e. The molecule has 2 N–H and O–H groups in total. The van der Waals surface area contributed by atoms with Gasteiger partial charge in [0.1, 0.15) is 11.6 Å². The van der Waals surface area contributed by atoms with Gasteiger partial charge in [-0.15, -0.1) is 34.2 Å². The summed E-state index contributed by atoms with van der Waals surface area (Å²) in [5.41, 5.74) is 0.713. The molecule has 1 aromatic heterocycles. The molecule has 168 valence electrons. The van der Waals surface area contributed by atoms with Crippen LogP contribution in [0.2, 0.25) is 0 Å². The number of nitrogens with one attached hydrogen (secondary N) is 2. The zero-order valence-corrected chi connectivity index (χ0v) is 21.5. The lowest BCUT2D eigenvalue weighted by Gasteiger charge is -2.12. The molecule has 0 radical (unpaired) electrons. The molecule has 0 unspecified atom stereocenters. The van der Waals surface area contributed by atoms with Crippen LogP contribution in [0.5, 0.6) is 0 Å². The monoisotopic (exact) mass is 548 g/mol. The van der Waals surface area contributed by atoms with Crippen molar-refractivity contribution < 1.29 is 4.39 Å². The van der Waals surface area contributed by atoms with E-state index in [1.165, 1.54) is 6.07 Å². The molecule has 0 aliphatic rings. The van der Waals surface area contributed by atoms with Gasteiger partial charge >= 0.3 is 0 Å². The lowest BCUT2D eigenvalue weighted by molar-refractivity contribution is 0.477. The summed E-state index contributed by atoms with van der Waals surface area (Å²) in [5, 5.41) is 16.1. The Kier molecular flexibility index (Phi) is 13.0. The van der Waals surface area contributed by atoms with Crippen molar-refractivity contribution in [2.24, 2.45) is 10.9 Å². The van der Waals surface area contributed by atoms with Crippen molar-refractivity contribution in [3.63, 3.8) is 0 Å². The minimum atomic E-state index is -0.161. The third-order valence-corrected chi connectivity index (χ3v) is 5.01. The van der Waals surface area contributed by atoms with Gasteiger partial charge in [-0.2, -0.15) is 0 Å². The smallest absolute Gasteiger partial charge is 0.191 e. The lowest BCUT2D eigenvalue weighted by atomic mass is 10.1. The third-order valence-electron chi connectivity index (χ3n) is 4.34. The van der Waals surface area contributed by atoms with Gasteiger partial charge in [0, 0.05) is 32.6 Å². The summed E-state index contributed by atoms with van der Waals surface area (Å²) in [7, 11) is 0. The number of rotatable bonds is 11. The summed E-state index contributed by atoms with van der Waals surface area (Å²) in [5.74, 6) is 2.17. The van der Waals surface area contributed by atoms with Gasteiger partial charge in [0.05, 0.1) is 0 Å². The average Bonchev–Trinajstić information content (AvgIpc) is 3.07. The Bertz CT molecular complexity index is 781. The molecule has 2 aromatic rings. The fourth-order valence-corrected chi connectivity index (χ4v) is 3.51. The van der Waals surface area contributed by atoms with Crippen molar-refractivity contribution in [3.05, 3.63) is 41.5 Å². The van der Waals surface area contributed by atoms with Gasteiger partial charge in [-0.25, -0.2) is 4.39 Å². The highest BCUT2D eigenvalue weighted by Crippen LogP contribution is 2.16. The molecular weight excluding hydrogens is 514 g/mol. The van der Waals surface area contributed by atoms with Crippen LogP contribution in [0.3, 0.4) is 0 Å². The number of aryl methyl sites for hydroxylation is 1. The molecule has 0 spiro atoms. The summed E-state index contributed by atoms with van der Waals surface area (Å²) >= 11 is 1.63. The van der Waals surface area contributed by atoms with Crippen LogP contribution in [0.4, 0.5) is 4.39 Å². The maximum absolute atomic E-state index is 13.7. The number of aromatic nitrogens is 3. The summed E-state index contributed by atoms with van der Waals surface area (Å²) < 4.78 is 15.9. The molecule has 0 aliphatic heterocycles. The Balaban J connectivity index is 0.00000450. The second-order valence-corrected chi connectivity index (χ2v) is 8.01. The van der Waals surface area contributed by atoms with Crippen LogP contribution in [0.1, 0.15) is 38.6 Å². The molecule has 0 fully saturated rings. The normalized spacial score (nSPS) is 11.5. The number of hydrogen-bond donors (Lipinski definition) is 2. The summed E-state index contributed by atoms with van der Waals surface area (Å²) in [6.07, 6.45) is 4.39. The average molecular weight is 549 g/mol. The Hall–Kier alpha value is -1.36. The SMILES string of the molecule is CCNC(=NCCCc1nnc(SC)n1CC(C)C)NCCc1ccccc1F.I. The van der Waals surface area contributed by atoms with Crippen molar-refractivity contribution in [3.8, 4) is 0 Å².